The van der Waals surface area contributed by atoms with Gasteiger partial charge in [-0.1, -0.05) is 13.8 Å². The molecule has 0 radical (unpaired) electrons. The van der Waals surface area contributed by atoms with Gasteiger partial charge in [-0.05, 0) is 25.2 Å². The number of carboxylic acid groups (broad SMARTS) is 3. The van der Waals surface area contributed by atoms with Crippen LogP contribution in [0.2, 0.25) is 0 Å². The second-order valence-electron chi connectivity index (χ2n) is 7.34. The Morgan fingerprint density at radius 1 is 0.806 bits per heavy atom. The molecule has 13 heteroatoms. The third-order valence-corrected chi connectivity index (χ3v) is 4.05. The number of hydrogen-bond acceptors (Lipinski definition) is 7. The van der Waals surface area contributed by atoms with Crippen molar-refractivity contribution in [3.8, 4) is 0 Å². The first-order valence-electron chi connectivity index (χ1n) is 9.62. The molecule has 0 aliphatic carbocycles. The first kappa shape index (κ1) is 27.8. The minimum absolute atomic E-state index is 0.0208. The maximum Gasteiger partial charge on any atom is 0.326 e. The van der Waals surface area contributed by atoms with Crippen molar-refractivity contribution in [3.05, 3.63) is 0 Å². The average molecular weight is 446 g/mol. The molecule has 176 valence electrons. The first-order chi connectivity index (χ1) is 14.3. The Hall–Kier alpha value is -3.22. The summed E-state index contributed by atoms with van der Waals surface area (Å²) in [5.41, 5.74) is 5.63. The zero-order valence-electron chi connectivity index (χ0n) is 17.4. The summed E-state index contributed by atoms with van der Waals surface area (Å²) < 4.78 is 0. The molecule has 3 amide bonds. The Balaban J connectivity index is 4.83. The minimum Gasteiger partial charge on any atom is -0.481 e. The molecule has 0 saturated heterocycles. The topological polar surface area (TPSA) is 225 Å². The summed E-state index contributed by atoms with van der Waals surface area (Å²) in [6.45, 7) is 3.00. The molecule has 0 aromatic heterocycles. The van der Waals surface area contributed by atoms with E-state index in [1.165, 1.54) is 0 Å². The van der Waals surface area contributed by atoms with Crippen molar-refractivity contribution in [2.75, 3.05) is 6.54 Å². The van der Waals surface area contributed by atoms with Gasteiger partial charge in [-0.25, -0.2) is 4.79 Å². The molecule has 0 heterocycles. The second kappa shape index (κ2) is 13.9. The molecule has 0 aromatic carbocycles. The average Bonchev–Trinajstić information content (AvgIpc) is 2.65. The number of carboxylic acids is 3. The van der Waals surface area contributed by atoms with E-state index < -0.39 is 66.7 Å². The van der Waals surface area contributed by atoms with Crippen LogP contribution in [0.1, 0.15) is 46.0 Å². The fraction of sp³-hybridized carbons (Fsp3) is 0.667. The van der Waals surface area contributed by atoms with Crippen LogP contribution >= 0.6 is 0 Å². The number of nitrogens with two attached hydrogens (primary N) is 1. The van der Waals surface area contributed by atoms with Crippen molar-refractivity contribution in [2.24, 2.45) is 11.7 Å². The molecule has 0 spiro atoms. The molecule has 8 N–H and O–H groups in total. The predicted octanol–water partition coefficient (Wildman–Crippen LogP) is -1.74. The van der Waals surface area contributed by atoms with Crippen LogP contribution in [0.5, 0.6) is 0 Å². The van der Waals surface area contributed by atoms with Crippen LogP contribution in [-0.4, -0.2) is 75.6 Å². The summed E-state index contributed by atoms with van der Waals surface area (Å²) in [5.74, 6) is -6.05. The minimum atomic E-state index is -1.43. The molecule has 0 bridgehead atoms. The number of aliphatic carboxylic acids is 3. The van der Waals surface area contributed by atoms with Gasteiger partial charge in [0.05, 0.1) is 12.6 Å². The zero-order chi connectivity index (χ0) is 24.1. The molecule has 31 heavy (non-hydrogen) atoms. The van der Waals surface area contributed by atoms with Crippen molar-refractivity contribution in [2.45, 2.75) is 64.1 Å². The fourth-order valence-corrected chi connectivity index (χ4v) is 2.45. The summed E-state index contributed by atoms with van der Waals surface area (Å²) in [4.78, 5) is 68.7. The molecule has 13 nitrogen and oxygen atoms in total. The molecule has 0 fully saturated rings. The molecule has 3 unspecified atom stereocenters. The van der Waals surface area contributed by atoms with Crippen LogP contribution in [0.4, 0.5) is 0 Å². The van der Waals surface area contributed by atoms with Gasteiger partial charge in [-0.15, -0.1) is 0 Å². The third kappa shape index (κ3) is 12.8. The van der Waals surface area contributed by atoms with Gasteiger partial charge in [0, 0.05) is 12.8 Å². The van der Waals surface area contributed by atoms with Crippen LogP contribution < -0.4 is 21.7 Å². The summed E-state index contributed by atoms with van der Waals surface area (Å²) in [6, 6.07) is -3.61. The van der Waals surface area contributed by atoms with E-state index in [1.54, 1.807) is 13.8 Å². The number of carbonyl (C=O) groups excluding carboxylic acids is 3. The lowest BCUT2D eigenvalue weighted by Crippen LogP contribution is -2.53. The Labute approximate surface area is 178 Å². The molecule has 0 aromatic rings. The smallest absolute Gasteiger partial charge is 0.326 e. The number of hydrogen-bond donors (Lipinski definition) is 7. The van der Waals surface area contributed by atoms with Crippen LogP contribution in [0.3, 0.4) is 0 Å². The summed E-state index contributed by atoms with van der Waals surface area (Å²) >= 11 is 0. The van der Waals surface area contributed by atoms with Gasteiger partial charge in [-0.3, -0.25) is 24.0 Å². The lowest BCUT2D eigenvalue weighted by Gasteiger charge is -2.22. The Kier molecular flexibility index (Phi) is 12.5. The van der Waals surface area contributed by atoms with E-state index >= 15 is 0 Å². The van der Waals surface area contributed by atoms with Crippen LogP contribution in [0.15, 0.2) is 0 Å². The lowest BCUT2D eigenvalue weighted by atomic mass is 10.0. The third-order valence-electron chi connectivity index (χ3n) is 4.05. The number of amides is 3. The van der Waals surface area contributed by atoms with Crippen LogP contribution in [-0.2, 0) is 28.8 Å². The molecule has 0 aliphatic rings. The van der Waals surface area contributed by atoms with E-state index in [0.717, 1.165) is 0 Å². The zero-order valence-corrected chi connectivity index (χ0v) is 17.4. The summed E-state index contributed by atoms with van der Waals surface area (Å²) in [7, 11) is 0. The number of carbonyl (C=O) groups is 6. The predicted molar refractivity (Wildman–Crippen MR) is 106 cm³/mol. The number of rotatable bonds is 15. The number of nitrogens with one attached hydrogen (secondary N) is 3. The van der Waals surface area contributed by atoms with E-state index in [-0.39, 0.29) is 31.6 Å². The first-order valence-corrected chi connectivity index (χ1v) is 9.62. The van der Waals surface area contributed by atoms with Gasteiger partial charge in [0.15, 0.2) is 0 Å². The van der Waals surface area contributed by atoms with Crippen LogP contribution in [0.25, 0.3) is 0 Å². The Morgan fingerprint density at radius 3 is 1.84 bits per heavy atom. The van der Waals surface area contributed by atoms with Crippen molar-refractivity contribution in [3.63, 3.8) is 0 Å². The van der Waals surface area contributed by atoms with Gasteiger partial charge in [0.25, 0.3) is 0 Å². The van der Waals surface area contributed by atoms with Crippen molar-refractivity contribution in [1.29, 1.82) is 0 Å². The molecule has 0 rings (SSSR count). The van der Waals surface area contributed by atoms with Crippen molar-refractivity contribution in [1.82, 2.24) is 16.0 Å². The maximum absolute atomic E-state index is 12.4. The Morgan fingerprint density at radius 2 is 1.35 bits per heavy atom. The standard InChI is InChI=1S/C18H30N4O9/c1-9(2)7-12(22-16(28)10(19)3-5-14(24)25)17(29)20-8-13(23)21-11(18(30)31)4-6-15(26)27/h9-12H,3-8,19H2,1-2H3,(H,20,29)(H,21,23)(H,22,28)(H,24,25)(H,26,27)(H,30,31). The highest BCUT2D eigenvalue weighted by atomic mass is 16.4. The van der Waals surface area contributed by atoms with Gasteiger partial charge in [-0.2, -0.15) is 0 Å². The molecule has 0 saturated carbocycles. The summed E-state index contributed by atoms with van der Waals surface area (Å²) in [6.07, 6.45) is -1.02. The van der Waals surface area contributed by atoms with E-state index in [2.05, 4.69) is 16.0 Å². The Bertz CT molecular complexity index is 681. The van der Waals surface area contributed by atoms with E-state index in [1.807, 2.05) is 0 Å². The molecule has 3 atom stereocenters. The van der Waals surface area contributed by atoms with E-state index in [0.29, 0.717) is 0 Å². The molecule has 0 aliphatic heterocycles. The van der Waals surface area contributed by atoms with Crippen molar-refractivity contribution >= 4 is 35.6 Å². The maximum atomic E-state index is 12.4. The quantitative estimate of drug-likeness (QED) is 0.150. The SMILES string of the molecule is CC(C)CC(NC(=O)C(N)CCC(=O)O)C(=O)NCC(=O)NC(CCC(=O)O)C(=O)O. The monoisotopic (exact) mass is 446 g/mol. The fourth-order valence-electron chi connectivity index (χ4n) is 2.45. The second-order valence-corrected chi connectivity index (χ2v) is 7.34. The molecular formula is C18H30N4O9. The van der Waals surface area contributed by atoms with Crippen molar-refractivity contribution < 1.29 is 44.1 Å². The molecular weight excluding hydrogens is 416 g/mol. The highest BCUT2D eigenvalue weighted by molar-refractivity contribution is 5.92. The van der Waals surface area contributed by atoms with Gasteiger partial charge < -0.3 is 37.0 Å². The highest BCUT2D eigenvalue weighted by Gasteiger charge is 2.26. The van der Waals surface area contributed by atoms with Crippen LogP contribution in [0, 0.1) is 5.92 Å². The van der Waals surface area contributed by atoms with Gasteiger partial charge in [0.1, 0.15) is 12.1 Å². The van der Waals surface area contributed by atoms with E-state index in [4.69, 9.17) is 21.1 Å². The van der Waals surface area contributed by atoms with Gasteiger partial charge >= 0.3 is 17.9 Å². The highest BCUT2D eigenvalue weighted by Crippen LogP contribution is 2.06. The summed E-state index contributed by atoms with van der Waals surface area (Å²) in [5, 5.41) is 33.1. The lowest BCUT2D eigenvalue weighted by molar-refractivity contribution is -0.143. The largest absolute Gasteiger partial charge is 0.481 e. The normalized spacial score (nSPS) is 13.5. The van der Waals surface area contributed by atoms with Gasteiger partial charge in [0.2, 0.25) is 17.7 Å². The van der Waals surface area contributed by atoms with E-state index in [9.17, 15) is 28.8 Å².